The van der Waals surface area contributed by atoms with Crippen molar-refractivity contribution in [1.29, 1.82) is 0 Å². The van der Waals surface area contributed by atoms with Gasteiger partial charge in [0.1, 0.15) is 0 Å². The normalized spacial score (nSPS) is 38.1. The van der Waals surface area contributed by atoms with E-state index in [1.54, 1.807) is 0 Å². The van der Waals surface area contributed by atoms with Crippen LogP contribution in [0.3, 0.4) is 0 Å². The van der Waals surface area contributed by atoms with Crippen LogP contribution in [0.25, 0.3) is 0 Å². The molecule has 0 bridgehead atoms. The van der Waals surface area contributed by atoms with E-state index < -0.39 is 50.6 Å². The highest BCUT2D eigenvalue weighted by Gasteiger charge is 3.05. The molecule has 0 aliphatic heterocycles. The van der Waals surface area contributed by atoms with E-state index in [-0.39, 0.29) is 0 Å². The van der Waals surface area contributed by atoms with Crippen LogP contribution in [0.1, 0.15) is 0 Å². The molecule has 0 aromatic rings. The predicted octanol–water partition coefficient (Wildman–Crippen LogP) is 2.71. The molecule has 1 fully saturated rings. The maximum Gasteiger partial charge on any atom is 0.383 e. The average Bonchev–Trinajstić information content (AvgIpc) is 2.32. The van der Waals surface area contributed by atoms with Gasteiger partial charge in [0, 0.05) is 0 Å². The molecule has 0 heterocycles. The number of alkyl halides is 10. The summed E-state index contributed by atoms with van der Waals surface area (Å²) >= 11 is 0. The Morgan fingerprint density at radius 3 is 1.22 bits per heavy atom. The van der Waals surface area contributed by atoms with Crippen molar-refractivity contribution in [3.8, 4) is 0 Å². The SMILES string of the molecule is O=C(F)C1(F)C(F)(F)C(F)(F)C(F)(F)C(F)(F)C1(F)S(=O)(=O)F. The van der Waals surface area contributed by atoms with Gasteiger partial charge in [-0.25, -0.2) is 8.78 Å². The third kappa shape index (κ3) is 1.60. The van der Waals surface area contributed by atoms with Crippen LogP contribution in [-0.2, 0) is 15.0 Å². The summed E-state index contributed by atoms with van der Waals surface area (Å²) in [4.78, 5) is 10.1. The number of hydrogen-bond donors (Lipinski definition) is 0. The second-order valence-corrected chi connectivity index (χ2v) is 5.70. The molecule has 0 N–H and O–H groups in total. The molecule has 23 heavy (non-hydrogen) atoms. The van der Waals surface area contributed by atoms with Crippen LogP contribution in [0.5, 0.6) is 0 Å². The van der Waals surface area contributed by atoms with Gasteiger partial charge in [0.05, 0.1) is 0 Å². The molecule has 2 unspecified atom stereocenters. The molecule has 0 amide bonds. The van der Waals surface area contributed by atoms with Gasteiger partial charge >= 0.3 is 50.6 Å². The molecule has 1 rings (SSSR count). The summed E-state index contributed by atoms with van der Waals surface area (Å²) in [5.41, 5.74) is -7.51. The third-order valence-corrected chi connectivity index (χ3v) is 4.28. The van der Waals surface area contributed by atoms with E-state index in [2.05, 4.69) is 0 Å². The van der Waals surface area contributed by atoms with Crippen LogP contribution in [0, 0.1) is 0 Å². The molecule has 136 valence electrons. The Bertz CT molecular complexity index is 656. The Labute approximate surface area is 117 Å². The minimum absolute atomic E-state index is 4.87. The van der Waals surface area contributed by atoms with Crippen molar-refractivity contribution in [3.05, 3.63) is 0 Å². The fraction of sp³-hybridized carbons (Fsp3) is 0.857. The first-order valence-corrected chi connectivity index (χ1v) is 6.11. The fourth-order valence-corrected chi connectivity index (χ4v) is 2.78. The Hall–Kier alpha value is -1.22. The molecule has 1 saturated carbocycles. The van der Waals surface area contributed by atoms with Gasteiger partial charge in [-0.2, -0.15) is 47.9 Å². The van der Waals surface area contributed by atoms with E-state index in [9.17, 15) is 65.4 Å². The maximum absolute atomic E-state index is 13.6. The van der Waals surface area contributed by atoms with Crippen LogP contribution >= 0.6 is 0 Å². The average molecular weight is 392 g/mol. The highest BCUT2D eigenvalue weighted by atomic mass is 32.3. The Balaban J connectivity index is 4.21. The van der Waals surface area contributed by atoms with Crippen LogP contribution < -0.4 is 0 Å². The summed E-state index contributed by atoms with van der Waals surface area (Å²) in [6.07, 6.45) is 0. The number of halogens is 12. The number of hydrogen-bond acceptors (Lipinski definition) is 3. The predicted molar refractivity (Wildman–Crippen MR) is 43.6 cm³/mol. The molecule has 0 spiro atoms. The molecule has 2 atom stereocenters. The molecular formula is C7F12O3S. The van der Waals surface area contributed by atoms with Gasteiger partial charge in [-0.05, 0) is 0 Å². The number of carbonyl (C=O) groups is 1. The summed E-state index contributed by atoms with van der Waals surface area (Å²) < 4.78 is 176. The van der Waals surface area contributed by atoms with Crippen molar-refractivity contribution in [1.82, 2.24) is 0 Å². The van der Waals surface area contributed by atoms with Gasteiger partial charge in [0.15, 0.2) is 0 Å². The summed E-state index contributed by atoms with van der Waals surface area (Å²) in [6.45, 7) is 0. The topological polar surface area (TPSA) is 51.2 Å². The van der Waals surface area contributed by atoms with E-state index in [0.717, 1.165) is 0 Å². The number of carbonyl (C=O) groups excluding carboxylic acids is 1. The zero-order chi connectivity index (χ0) is 19.1. The van der Waals surface area contributed by atoms with E-state index in [4.69, 9.17) is 0 Å². The van der Waals surface area contributed by atoms with E-state index in [1.165, 1.54) is 0 Å². The van der Waals surface area contributed by atoms with Crippen molar-refractivity contribution < 1.29 is 65.4 Å². The van der Waals surface area contributed by atoms with Gasteiger partial charge in [0.25, 0.3) is 0 Å². The first kappa shape index (κ1) is 19.8. The van der Waals surface area contributed by atoms with E-state index in [1.807, 2.05) is 0 Å². The van der Waals surface area contributed by atoms with Crippen LogP contribution in [-0.4, -0.2) is 48.8 Å². The third-order valence-electron chi connectivity index (χ3n) is 3.07. The first-order chi connectivity index (χ1) is 9.69. The van der Waals surface area contributed by atoms with Gasteiger partial charge in [-0.3, -0.25) is 4.79 Å². The molecule has 3 nitrogen and oxygen atoms in total. The maximum atomic E-state index is 13.6. The minimum Gasteiger partial charge on any atom is -0.257 e. The Kier molecular flexibility index (Phi) is 3.66. The highest BCUT2D eigenvalue weighted by molar-refractivity contribution is 7.87. The molecule has 0 aromatic carbocycles. The van der Waals surface area contributed by atoms with Crippen molar-refractivity contribution in [2.75, 3.05) is 0 Å². The van der Waals surface area contributed by atoms with E-state index >= 15 is 0 Å². The smallest absolute Gasteiger partial charge is 0.257 e. The summed E-state index contributed by atoms with van der Waals surface area (Å²) in [5.74, 6) is -30.9. The standard InChI is InChI=1S/C7F12O3S/c8-1(20)2(9)3(10,11)4(12,13)5(14,15)6(16,17)7(2,18)23(19,21)22. The largest absolute Gasteiger partial charge is 0.383 e. The summed E-state index contributed by atoms with van der Waals surface area (Å²) in [6, 6.07) is -4.87. The Morgan fingerprint density at radius 1 is 0.652 bits per heavy atom. The monoisotopic (exact) mass is 392 g/mol. The lowest BCUT2D eigenvalue weighted by Gasteiger charge is -2.51. The molecule has 16 heteroatoms. The second kappa shape index (κ2) is 4.24. The summed E-state index contributed by atoms with van der Waals surface area (Å²) in [7, 11) is -8.32. The van der Waals surface area contributed by atoms with Crippen LogP contribution in [0.4, 0.5) is 52.2 Å². The van der Waals surface area contributed by atoms with Crippen molar-refractivity contribution >= 4 is 16.3 Å². The molecule has 0 radical (unpaired) electrons. The van der Waals surface area contributed by atoms with Gasteiger partial charge < -0.3 is 0 Å². The van der Waals surface area contributed by atoms with Crippen LogP contribution in [0.15, 0.2) is 0 Å². The lowest BCUT2D eigenvalue weighted by molar-refractivity contribution is -0.443. The molecular weight excluding hydrogens is 392 g/mol. The number of rotatable bonds is 2. The molecule has 0 saturated heterocycles. The fourth-order valence-electron chi connectivity index (χ4n) is 1.80. The van der Waals surface area contributed by atoms with Crippen molar-refractivity contribution in [3.63, 3.8) is 0 Å². The minimum atomic E-state index is -8.32. The zero-order valence-corrected chi connectivity index (χ0v) is 10.5. The molecule has 0 aromatic heterocycles. The highest BCUT2D eigenvalue weighted by Crippen LogP contribution is 2.70. The van der Waals surface area contributed by atoms with Crippen molar-refractivity contribution in [2.24, 2.45) is 0 Å². The van der Waals surface area contributed by atoms with Gasteiger partial charge in [-0.15, -0.1) is 3.89 Å². The zero-order valence-electron chi connectivity index (χ0n) is 9.67. The Morgan fingerprint density at radius 2 is 0.957 bits per heavy atom. The lowest BCUT2D eigenvalue weighted by Crippen LogP contribution is -2.87. The van der Waals surface area contributed by atoms with Crippen LogP contribution in [0.2, 0.25) is 0 Å². The molecule has 1 aliphatic carbocycles. The van der Waals surface area contributed by atoms with Gasteiger partial charge in [-0.1, -0.05) is 0 Å². The molecule has 1 aliphatic rings. The quantitative estimate of drug-likeness (QED) is 0.537. The first-order valence-electron chi connectivity index (χ1n) is 4.72. The van der Waals surface area contributed by atoms with E-state index in [0.29, 0.717) is 0 Å². The van der Waals surface area contributed by atoms with Crippen molar-refractivity contribution in [2.45, 2.75) is 34.4 Å². The summed E-state index contributed by atoms with van der Waals surface area (Å²) in [5, 5.41) is -7.69. The van der Waals surface area contributed by atoms with Gasteiger partial charge in [0.2, 0.25) is 0 Å². The second-order valence-electron chi connectivity index (χ2n) is 4.26. The lowest BCUT2D eigenvalue weighted by atomic mass is 9.73.